The van der Waals surface area contributed by atoms with E-state index in [9.17, 15) is 4.79 Å². The number of hydrogen-bond acceptors (Lipinski definition) is 7. The summed E-state index contributed by atoms with van der Waals surface area (Å²) in [6, 6.07) is 9.44. The van der Waals surface area contributed by atoms with Crippen LogP contribution in [0.15, 0.2) is 65.3 Å². The molecule has 0 radical (unpaired) electrons. The van der Waals surface area contributed by atoms with Crippen molar-refractivity contribution < 1.29 is 4.79 Å². The molecule has 0 bridgehead atoms. The number of hydrogen-bond donors (Lipinski definition) is 1. The minimum atomic E-state index is -0.288. The molecule has 0 aromatic carbocycles. The second kappa shape index (κ2) is 7.20. The molecule has 5 rings (SSSR count). The highest BCUT2D eigenvalue weighted by molar-refractivity contribution is 7.98. The normalized spacial score (nSPS) is 18.4. The fourth-order valence-electron chi connectivity index (χ4n) is 3.67. The number of aromatic nitrogens is 5. The molecule has 4 heterocycles. The topological polar surface area (TPSA) is 85.6 Å². The van der Waals surface area contributed by atoms with Gasteiger partial charge in [0.05, 0.1) is 5.69 Å². The minimum Gasteiger partial charge on any atom is -0.328 e. The first-order chi connectivity index (χ1) is 13.8. The molecule has 1 N–H and O–H groups in total. The first-order valence-corrected chi connectivity index (χ1v) is 10.2. The van der Waals surface area contributed by atoms with Gasteiger partial charge < -0.3 is 5.32 Å². The molecule has 1 aliphatic heterocycles. The van der Waals surface area contributed by atoms with Crippen LogP contribution in [0.2, 0.25) is 0 Å². The van der Waals surface area contributed by atoms with Crippen molar-refractivity contribution in [3.8, 4) is 0 Å². The van der Waals surface area contributed by atoms with Crippen LogP contribution in [0.4, 0.5) is 5.95 Å². The molecule has 1 aliphatic carbocycles. The van der Waals surface area contributed by atoms with E-state index < -0.39 is 0 Å². The molecule has 3 aromatic rings. The first kappa shape index (κ1) is 17.1. The summed E-state index contributed by atoms with van der Waals surface area (Å²) in [6.07, 6.45) is 7.60. The summed E-state index contributed by atoms with van der Waals surface area (Å²) in [5.41, 5.74) is 3.67. The lowest BCUT2D eigenvalue weighted by atomic mass is 9.86. The van der Waals surface area contributed by atoms with Gasteiger partial charge in [-0.05, 0) is 36.6 Å². The summed E-state index contributed by atoms with van der Waals surface area (Å²) in [4.78, 5) is 26.0. The number of fused-ring (bicyclic) bond motifs is 1. The van der Waals surface area contributed by atoms with Crippen LogP contribution in [0, 0.1) is 0 Å². The van der Waals surface area contributed by atoms with Gasteiger partial charge in [-0.3, -0.25) is 14.8 Å². The highest BCUT2D eigenvalue weighted by Gasteiger charge is 2.36. The predicted molar refractivity (Wildman–Crippen MR) is 106 cm³/mol. The molecule has 28 heavy (non-hydrogen) atoms. The van der Waals surface area contributed by atoms with Gasteiger partial charge in [0.25, 0.3) is 0 Å². The Morgan fingerprint density at radius 2 is 2.14 bits per heavy atom. The third kappa shape index (κ3) is 3.09. The number of pyridine rings is 2. The zero-order valence-corrected chi connectivity index (χ0v) is 15.9. The number of nitrogens with zero attached hydrogens (tertiary/aromatic N) is 5. The van der Waals surface area contributed by atoms with Crippen LogP contribution >= 0.6 is 11.8 Å². The summed E-state index contributed by atoms with van der Waals surface area (Å²) in [5, 5.41) is 8.72. The number of carbonyl (C=O) groups is 1. The van der Waals surface area contributed by atoms with Crippen molar-refractivity contribution in [1.29, 1.82) is 0 Å². The second-order valence-electron chi connectivity index (χ2n) is 6.76. The molecule has 0 saturated heterocycles. The molecule has 7 nitrogen and oxygen atoms in total. The summed E-state index contributed by atoms with van der Waals surface area (Å²) in [7, 11) is 0. The Labute approximate surface area is 166 Å². The van der Waals surface area contributed by atoms with E-state index in [2.05, 4.69) is 20.3 Å². The molecule has 2 aliphatic rings. The monoisotopic (exact) mass is 390 g/mol. The second-order valence-corrected chi connectivity index (χ2v) is 7.70. The van der Waals surface area contributed by atoms with E-state index in [1.165, 1.54) is 11.8 Å². The molecule has 0 fully saturated rings. The largest absolute Gasteiger partial charge is 0.328 e. The SMILES string of the molecule is O=C1CCCC2=C1[C@H](c1cccnc1)n1nc(SCc3ccccn3)nc1N2. The molecule has 1 atom stereocenters. The summed E-state index contributed by atoms with van der Waals surface area (Å²) >= 11 is 1.53. The van der Waals surface area contributed by atoms with E-state index in [0.717, 1.165) is 35.4 Å². The number of Topliss-reactive ketones (excluding diaryl/α,β-unsaturated/α-hetero) is 1. The minimum absolute atomic E-state index is 0.173. The van der Waals surface area contributed by atoms with E-state index >= 15 is 0 Å². The standard InChI is InChI=1S/C20H18N6OS/c27-16-8-3-7-15-17(16)18(13-5-4-9-21-11-13)26-19(23-15)24-20(25-26)28-12-14-6-1-2-10-22-14/h1-2,4-6,9-11,18H,3,7-8,12H2,(H,23,24,25)/t18-/m0/s1. The molecular weight excluding hydrogens is 372 g/mol. The summed E-state index contributed by atoms with van der Waals surface area (Å²) in [5.74, 6) is 1.53. The van der Waals surface area contributed by atoms with Crippen LogP contribution in [0.25, 0.3) is 0 Å². The van der Waals surface area contributed by atoms with Crippen LogP contribution < -0.4 is 5.32 Å². The third-order valence-corrected chi connectivity index (χ3v) is 5.80. The zero-order valence-electron chi connectivity index (χ0n) is 15.1. The Balaban J connectivity index is 1.51. The van der Waals surface area contributed by atoms with E-state index in [-0.39, 0.29) is 11.8 Å². The van der Waals surface area contributed by atoms with Crippen molar-refractivity contribution in [2.45, 2.75) is 36.2 Å². The fraction of sp³-hybridized carbons (Fsp3) is 0.250. The zero-order chi connectivity index (χ0) is 18.9. The molecule has 140 valence electrons. The molecule has 8 heteroatoms. The van der Waals surface area contributed by atoms with Gasteiger partial charge in [0, 0.05) is 42.0 Å². The lowest BCUT2D eigenvalue weighted by molar-refractivity contribution is -0.116. The molecule has 0 spiro atoms. The Morgan fingerprint density at radius 3 is 2.96 bits per heavy atom. The molecule has 0 saturated carbocycles. The van der Waals surface area contributed by atoms with Crippen molar-refractivity contribution in [1.82, 2.24) is 24.7 Å². The van der Waals surface area contributed by atoms with Gasteiger partial charge in [-0.25, -0.2) is 4.68 Å². The van der Waals surface area contributed by atoms with Gasteiger partial charge in [0.15, 0.2) is 5.78 Å². The molecular formula is C20H18N6OS. The molecule has 3 aromatic heterocycles. The quantitative estimate of drug-likeness (QED) is 0.684. The number of rotatable bonds is 4. The van der Waals surface area contributed by atoms with Crippen LogP contribution in [0.1, 0.15) is 36.6 Å². The number of ketones is 1. The van der Waals surface area contributed by atoms with E-state index in [1.807, 2.05) is 35.0 Å². The number of nitrogens with one attached hydrogen (secondary N) is 1. The third-order valence-electron chi connectivity index (χ3n) is 4.92. The van der Waals surface area contributed by atoms with Crippen LogP contribution in [0.5, 0.6) is 0 Å². The maximum absolute atomic E-state index is 12.7. The Morgan fingerprint density at radius 1 is 1.18 bits per heavy atom. The number of allylic oxidation sites excluding steroid dienone is 2. The van der Waals surface area contributed by atoms with E-state index in [4.69, 9.17) is 5.10 Å². The highest BCUT2D eigenvalue weighted by Crippen LogP contribution is 2.40. The van der Waals surface area contributed by atoms with Gasteiger partial charge in [0.2, 0.25) is 11.1 Å². The van der Waals surface area contributed by atoms with Crippen LogP contribution in [-0.2, 0) is 10.5 Å². The first-order valence-electron chi connectivity index (χ1n) is 9.22. The van der Waals surface area contributed by atoms with Crippen LogP contribution in [-0.4, -0.2) is 30.5 Å². The average Bonchev–Trinajstić information content (AvgIpc) is 3.15. The lowest BCUT2D eigenvalue weighted by Gasteiger charge is -2.31. The Bertz CT molecular complexity index is 1050. The van der Waals surface area contributed by atoms with Crippen LogP contribution in [0.3, 0.4) is 0 Å². The number of thioether (sulfide) groups is 1. The maximum Gasteiger partial charge on any atom is 0.227 e. The summed E-state index contributed by atoms with van der Waals surface area (Å²) < 4.78 is 1.82. The van der Waals surface area contributed by atoms with Crippen molar-refractivity contribution in [3.05, 3.63) is 71.4 Å². The fourth-order valence-corrected chi connectivity index (χ4v) is 4.41. The lowest BCUT2D eigenvalue weighted by Crippen LogP contribution is -2.31. The van der Waals surface area contributed by atoms with Crippen molar-refractivity contribution in [2.24, 2.45) is 0 Å². The van der Waals surface area contributed by atoms with Gasteiger partial charge in [-0.1, -0.05) is 23.9 Å². The van der Waals surface area contributed by atoms with Gasteiger partial charge in [0.1, 0.15) is 6.04 Å². The van der Waals surface area contributed by atoms with E-state index in [1.54, 1.807) is 18.6 Å². The maximum atomic E-state index is 12.7. The Kier molecular flexibility index (Phi) is 4.40. The van der Waals surface area contributed by atoms with Crippen molar-refractivity contribution in [3.63, 3.8) is 0 Å². The summed E-state index contributed by atoms with van der Waals surface area (Å²) in [6.45, 7) is 0. The highest BCUT2D eigenvalue weighted by atomic mass is 32.2. The smallest absolute Gasteiger partial charge is 0.227 e. The van der Waals surface area contributed by atoms with Crippen molar-refractivity contribution in [2.75, 3.05) is 5.32 Å². The number of carbonyl (C=O) groups excluding carboxylic acids is 1. The molecule has 0 amide bonds. The predicted octanol–water partition coefficient (Wildman–Crippen LogP) is 3.38. The van der Waals surface area contributed by atoms with E-state index in [0.29, 0.717) is 23.3 Å². The average molecular weight is 390 g/mol. The Hall–Kier alpha value is -3.00. The van der Waals surface area contributed by atoms with Gasteiger partial charge >= 0.3 is 0 Å². The van der Waals surface area contributed by atoms with Gasteiger partial charge in [-0.15, -0.1) is 5.10 Å². The molecule has 0 unspecified atom stereocenters. The number of anilines is 1. The van der Waals surface area contributed by atoms with Gasteiger partial charge in [-0.2, -0.15) is 4.98 Å². The van der Waals surface area contributed by atoms with Crippen molar-refractivity contribution >= 4 is 23.5 Å².